The summed E-state index contributed by atoms with van der Waals surface area (Å²) in [6.45, 7) is 6.73. The number of hydrogen-bond donors (Lipinski definition) is 0. The van der Waals surface area contributed by atoms with Gasteiger partial charge in [0.1, 0.15) is 6.54 Å². The number of methoxy groups -OCH3 is 1. The largest absolute Gasteiger partial charge is 0.468 e. The van der Waals surface area contributed by atoms with Crippen molar-refractivity contribution in [3.05, 3.63) is 35.4 Å². The molecule has 1 aromatic rings. The molecule has 0 bridgehead atoms. The first-order chi connectivity index (χ1) is 9.49. The van der Waals surface area contributed by atoms with Gasteiger partial charge in [-0.15, -0.1) is 0 Å². The van der Waals surface area contributed by atoms with Gasteiger partial charge in [0.15, 0.2) is 0 Å². The van der Waals surface area contributed by atoms with Crippen LogP contribution in [-0.2, 0) is 9.53 Å². The van der Waals surface area contributed by atoms with Crippen molar-refractivity contribution in [2.45, 2.75) is 33.1 Å². The molecule has 4 heteroatoms. The lowest BCUT2D eigenvalue weighted by molar-refractivity contribution is -0.141. The number of nitrogens with zero attached hydrogens (tertiary/aromatic N) is 1. The minimum atomic E-state index is -0.398. The van der Waals surface area contributed by atoms with Crippen LogP contribution in [0.25, 0.3) is 0 Å². The molecule has 0 radical (unpaired) electrons. The molecule has 0 aliphatic heterocycles. The summed E-state index contributed by atoms with van der Waals surface area (Å²) in [5.74, 6) is -0.0980. The Hall–Kier alpha value is -1.84. The van der Waals surface area contributed by atoms with Gasteiger partial charge in [-0.1, -0.05) is 32.9 Å². The van der Waals surface area contributed by atoms with Crippen molar-refractivity contribution in [2.24, 2.45) is 0 Å². The molecule has 1 amide bonds. The van der Waals surface area contributed by atoms with Crippen LogP contribution < -0.4 is 0 Å². The number of carbonyl (C=O) groups is 2. The van der Waals surface area contributed by atoms with Crippen molar-refractivity contribution in [1.29, 1.82) is 0 Å². The monoisotopic (exact) mass is 277 g/mol. The van der Waals surface area contributed by atoms with Crippen molar-refractivity contribution < 1.29 is 14.3 Å². The van der Waals surface area contributed by atoms with Crippen LogP contribution >= 0.6 is 0 Å². The van der Waals surface area contributed by atoms with E-state index in [-0.39, 0.29) is 12.5 Å². The summed E-state index contributed by atoms with van der Waals surface area (Å²) in [5.41, 5.74) is 1.79. The summed E-state index contributed by atoms with van der Waals surface area (Å²) in [7, 11) is 1.33. The van der Waals surface area contributed by atoms with Crippen LogP contribution in [0.1, 0.15) is 49.0 Å². The predicted octanol–water partition coefficient (Wildman–Crippen LogP) is 2.84. The topological polar surface area (TPSA) is 46.6 Å². The highest BCUT2D eigenvalue weighted by atomic mass is 16.5. The molecule has 0 spiro atoms. The van der Waals surface area contributed by atoms with E-state index < -0.39 is 5.97 Å². The summed E-state index contributed by atoms with van der Waals surface area (Å²) >= 11 is 0. The third-order valence-corrected chi connectivity index (χ3v) is 3.15. The molecule has 0 fully saturated rings. The van der Waals surface area contributed by atoms with Gasteiger partial charge in [0, 0.05) is 12.1 Å². The number of carbonyl (C=O) groups excluding carboxylic acids is 2. The summed E-state index contributed by atoms with van der Waals surface area (Å²) in [5, 5.41) is 0. The molecule has 0 atom stereocenters. The zero-order valence-corrected chi connectivity index (χ0v) is 12.7. The predicted molar refractivity (Wildman–Crippen MR) is 78.7 cm³/mol. The first-order valence-corrected chi connectivity index (χ1v) is 6.95. The highest BCUT2D eigenvalue weighted by molar-refractivity contribution is 5.96. The molecular formula is C16H23NO3. The lowest BCUT2D eigenvalue weighted by atomic mass is 10.0. The van der Waals surface area contributed by atoms with Crippen LogP contribution in [0.4, 0.5) is 0 Å². The lowest BCUT2D eigenvalue weighted by Gasteiger charge is -2.21. The van der Waals surface area contributed by atoms with Crippen molar-refractivity contribution in [1.82, 2.24) is 4.90 Å². The Bertz CT molecular complexity index is 451. The van der Waals surface area contributed by atoms with E-state index in [0.29, 0.717) is 18.0 Å². The number of amides is 1. The van der Waals surface area contributed by atoms with Crippen LogP contribution in [0.2, 0.25) is 0 Å². The van der Waals surface area contributed by atoms with Crippen LogP contribution in [0.3, 0.4) is 0 Å². The summed E-state index contributed by atoms with van der Waals surface area (Å²) in [4.78, 5) is 25.3. The normalized spacial score (nSPS) is 10.4. The van der Waals surface area contributed by atoms with Crippen molar-refractivity contribution >= 4 is 11.9 Å². The number of hydrogen-bond acceptors (Lipinski definition) is 3. The molecular weight excluding hydrogens is 254 g/mol. The second kappa shape index (κ2) is 7.68. The maximum Gasteiger partial charge on any atom is 0.325 e. The van der Waals surface area contributed by atoms with Crippen molar-refractivity contribution in [3.8, 4) is 0 Å². The zero-order valence-electron chi connectivity index (χ0n) is 12.7. The Morgan fingerprint density at radius 1 is 1.20 bits per heavy atom. The van der Waals surface area contributed by atoms with Crippen molar-refractivity contribution in [2.75, 3.05) is 20.2 Å². The minimum absolute atomic E-state index is 0.00486. The molecule has 110 valence electrons. The quantitative estimate of drug-likeness (QED) is 0.751. The van der Waals surface area contributed by atoms with Gasteiger partial charge in [-0.25, -0.2) is 0 Å². The maximum atomic E-state index is 12.4. The van der Waals surface area contributed by atoms with Gasteiger partial charge in [0.25, 0.3) is 5.91 Å². The van der Waals surface area contributed by atoms with Crippen LogP contribution in [0, 0.1) is 0 Å². The number of ether oxygens (including phenoxy) is 1. The van der Waals surface area contributed by atoms with E-state index in [4.69, 9.17) is 0 Å². The Morgan fingerprint density at radius 2 is 1.80 bits per heavy atom. The average molecular weight is 277 g/mol. The van der Waals surface area contributed by atoms with E-state index in [1.54, 1.807) is 0 Å². The molecule has 4 nitrogen and oxygen atoms in total. The average Bonchev–Trinajstić information content (AvgIpc) is 2.46. The summed E-state index contributed by atoms with van der Waals surface area (Å²) in [6, 6.07) is 7.55. The molecule has 1 rings (SSSR count). The minimum Gasteiger partial charge on any atom is -0.468 e. The van der Waals surface area contributed by atoms with Crippen LogP contribution in [-0.4, -0.2) is 37.0 Å². The van der Waals surface area contributed by atoms with Gasteiger partial charge >= 0.3 is 5.97 Å². The molecule has 0 saturated heterocycles. The molecule has 0 aromatic heterocycles. The first-order valence-electron chi connectivity index (χ1n) is 6.95. The number of esters is 1. The standard InChI is InChI=1S/C16H23NO3/c1-5-10-17(11-15(18)20-4)16(19)14-8-6-13(7-9-14)12(2)3/h6-9,12H,5,10-11H2,1-4H3. The Morgan fingerprint density at radius 3 is 2.25 bits per heavy atom. The van der Waals surface area contributed by atoms with Crippen molar-refractivity contribution in [3.63, 3.8) is 0 Å². The van der Waals surface area contributed by atoms with Crippen LogP contribution in [0.15, 0.2) is 24.3 Å². The molecule has 0 saturated carbocycles. The maximum absolute atomic E-state index is 12.4. The number of benzene rings is 1. The van der Waals surface area contributed by atoms with Gasteiger partial charge in [-0.3, -0.25) is 9.59 Å². The van der Waals surface area contributed by atoms with E-state index in [9.17, 15) is 9.59 Å². The molecule has 0 N–H and O–H groups in total. The molecule has 0 heterocycles. The highest BCUT2D eigenvalue weighted by Gasteiger charge is 2.18. The van der Waals surface area contributed by atoms with Gasteiger partial charge < -0.3 is 9.64 Å². The highest BCUT2D eigenvalue weighted by Crippen LogP contribution is 2.15. The van der Waals surface area contributed by atoms with Gasteiger partial charge in [-0.05, 0) is 30.0 Å². The second-order valence-electron chi connectivity index (χ2n) is 5.08. The van der Waals surface area contributed by atoms with Gasteiger partial charge in [-0.2, -0.15) is 0 Å². The second-order valence-corrected chi connectivity index (χ2v) is 5.08. The molecule has 0 unspecified atom stereocenters. The first kappa shape index (κ1) is 16.2. The van der Waals surface area contributed by atoms with E-state index in [0.717, 1.165) is 6.42 Å². The fourth-order valence-electron chi connectivity index (χ4n) is 1.94. The van der Waals surface area contributed by atoms with E-state index in [2.05, 4.69) is 18.6 Å². The molecule has 20 heavy (non-hydrogen) atoms. The molecule has 1 aromatic carbocycles. The Kier molecular flexibility index (Phi) is 6.22. The van der Waals surface area contributed by atoms with E-state index in [1.165, 1.54) is 17.6 Å². The van der Waals surface area contributed by atoms with E-state index >= 15 is 0 Å². The Labute approximate surface area is 120 Å². The van der Waals surface area contributed by atoms with Gasteiger partial charge in [0.05, 0.1) is 7.11 Å². The Balaban J connectivity index is 2.85. The fourth-order valence-corrected chi connectivity index (χ4v) is 1.94. The molecule has 0 aliphatic carbocycles. The molecule has 0 aliphatic rings. The third kappa shape index (κ3) is 4.37. The fraction of sp³-hybridized carbons (Fsp3) is 0.500. The summed E-state index contributed by atoms with van der Waals surface area (Å²) < 4.78 is 4.63. The number of rotatable bonds is 6. The SMILES string of the molecule is CCCN(CC(=O)OC)C(=O)c1ccc(C(C)C)cc1. The lowest BCUT2D eigenvalue weighted by Crippen LogP contribution is -2.36. The van der Waals surface area contributed by atoms with E-state index in [1.807, 2.05) is 31.2 Å². The van der Waals surface area contributed by atoms with Crippen LogP contribution in [0.5, 0.6) is 0 Å². The zero-order chi connectivity index (χ0) is 15.1. The summed E-state index contributed by atoms with van der Waals surface area (Å²) in [6.07, 6.45) is 0.798. The van der Waals surface area contributed by atoms with Gasteiger partial charge in [0.2, 0.25) is 0 Å². The smallest absolute Gasteiger partial charge is 0.325 e. The third-order valence-electron chi connectivity index (χ3n) is 3.15.